The molecule has 19 heavy (non-hydrogen) atoms. The lowest BCUT2D eigenvalue weighted by molar-refractivity contribution is 0.305. The van der Waals surface area contributed by atoms with Gasteiger partial charge in [0.25, 0.3) is 0 Å². The van der Waals surface area contributed by atoms with E-state index in [1.807, 2.05) is 11.4 Å². The Labute approximate surface area is 115 Å². The molecule has 0 atom stereocenters. The Morgan fingerprint density at radius 2 is 2.05 bits per heavy atom. The molecular formula is C15H13FO2S. The maximum absolute atomic E-state index is 12.7. The van der Waals surface area contributed by atoms with Crippen LogP contribution in [0.1, 0.15) is 16.9 Å². The van der Waals surface area contributed by atoms with Crippen LogP contribution in [0.4, 0.5) is 4.39 Å². The summed E-state index contributed by atoms with van der Waals surface area (Å²) < 4.78 is 18.3. The SMILES string of the molecule is OCCC#Cc1csc(COc2ccc(F)cc2)c1. The van der Waals surface area contributed by atoms with Gasteiger partial charge >= 0.3 is 0 Å². The predicted octanol–water partition coefficient (Wildman–Crippen LogP) is 3.20. The van der Waals surface area contributed by atoms with Crippen molar-refractivity contribution in [1.29, 1.82) is 0 Å². The number of aliphatic hydroxyl groups is 1. The van der Waals surface area contributed by atoms with E-state index >= 15 is 0 Å². The zero-order valence-electron chi connectivity index (χ0n) is 10.2. The molecule has 2 rings (SSSR count). The van der Waals surface area contributed by atoms with Gasteiger partial charge in [-0.15, -0.1) is 11.3 Å². The molecule has 0 aliphatic carbocycles. The Hall–Kier alpha value is -1.83. The zero-order valence-corrected chi connectivity index (χ0v) is 11.0. The minimum Gasteiger partial charge on any atom is -0.488 e. The van der Waals surface area contributed by atoms with E-state index in [0.29, 0.717) is 18.8 Å². The Morgan fingerprint density at radius 3 is 2.79 bits per heavy atom. The molecule has 4 heteroatoms. The Morgan fingerprint density at radius 1 is 1.26 bits per heavy atom. The van der Waals surface area contributed by atoms with Gasteiger partial charge in [-0.2, -0.15) is 0 Å². The molecule has 2 nitrogen and oxygen atoms in total. The Kier molecular flexibility index (Phi) is 4.96. The van der Waals surface area contributed by atoms with Crippen molar-refractivity contribution in [2.75, 3.05) is 6.61 Å². The lowest BCUT2D eigenvalue weighted by Crippen LogP contribution is -1.92. The summed E-state index contributed by atoms with van der Waals surface area (Å²) >= 11 is 1.57. The van der Waals surface area contributed by atoms with E-state index in [1.54, 1.807) is 23.5 Å². The summed E-state index contributed by atoms with van der Waals surface area (Å²) in [4.78, 5) is 1.05. The number of halogens is 1. The molecule has 1 aromatic carbocycles. The highest BCUT2D eigenvalue weighted by molar-refractivity contribution is 7.10. The molecule has 1 heterocycles. The lowest BCUT2D eigenvalue weighted by atomic mass is 10.3. The molecule has 2 aromatic rings. The number of rotatable bonds is 4. The monoisotopic (exact) mass is 276 g/mol. The third-order valence-electron chi connectivity index (χ3n) is 2.32. The fraction of sp³-hybridized carbons (Fsp3) is 0.200. The molecule has 0 fully saturated rings. The van der Waals surface area contributed by atoms with E-state index in [0.717, 1.165) is 10.4 Å². The van der Waals surface area contributed by atoms with Gasteiger partial charge in [-0.25, -0.2) is 4.39 Å². The highest BCUT2D eigenvalue weighted by atomic mass is 32.1. The van der Waals surface area contributed by atoms with Gasteiger partial charge in [-0.05, 0) is 30.3 Å². The predicted molar refractivity (Wildman–Crippen MR) is 73.6 cm³/mol. The highest BCUT2D eigenvalue weighted by Gasteiger charge is 2.00. The number of thiophene rings is 1. The minimum absolute atomic E-state index is 0.0810. The lowest BCUT2D eigenvalue weighted by Gasteiger charge is -2.03. The van der Waals surface area contributed by atoms with Crippen molar-refractivity contribution in [1.82, 2.24) is 0 Å². The van der Waals surface area contributed by atoms with Crippen molar-refractivity contribution >= 4 is 11.3 Å². The highest BCUT2D eigenvalue weighted by Crippen LogP contribution is 2.18. The number of benzene rings is 1. The first-order valence-electron chi connectivity index (χ1n) is 5.83. The van der Waals surface area contributed by atoms with Crippen LogP contribution in [0.2, 0.25) is 0 Å². The van der Waals surface area contributed by atoms with Crippen LogP contribution in [0.25, 0.3) is 0 Å². The van der Waals surface area contributed by atoms with Crippen LogP contribution in [-0.4, -0.2) is 11.7 Å². The molecule has 0 aliphatic rings. The van der Waals surface area contributed by atoms with Crippen LogP contribution >= 0.6 is 11.3 Å². The average molecular weight is 276 g/mol. The van der Waals surface area contributed by atoms with Crippen LogP contribution in [0.15, 0.2) is 35.7 Å². The second-order valence-corrected chi connectivity index (χ2v) is 4.82. The summed E-state index contributed by atoms with van der Waals surface area (Å²) in [5.74, 6) is 6.20. The van der Waals surface area contributed by atoms with Crippen LogP contribution in [0.5, 0.6) is 5.75 Å². The normalized spacial score (nSPS) is 9.79. The zero-order chi connectivity index (χ0) is 13.5. The van der Waals surface area contributed by atoms with E-state index in [1.165, 1.54) is 12.1 Å². The summed E-state index contributed by atoms with van der Waals surface area (Å²) in [5, 5.41) is 10.6. The van der Waals surface area contributed by atoms with Gasteiger partial charge in [0.2, 0.25) is 0 Å². The molecule has 1 aromatic heterocycles. The van der Waals surface area contributed by atoms with Gasteiger partial charge in [0.15, 0.2) is 0 Å². The number of aliphatic hydroxyl groups excluding tert-OH is 1. The Bertz CT molecular complexity index is 578. The molecule has 0 unspecified atom stereocenters. The summed E-state index contributed by atoms with van der Waals surface area (Å²) in [5.41, 5.74) is 0.927. The first-order chi connectivity index (χ1) is 9.28. The van der Waals surface area contributed by atoms with Crippen LogP contribution in [0, 0.1) is 17.7 Å². The maximum Gasteiger partial charge on any atom is 0.123 e. The van der Waals surface area contributed by atoms with E-state index in [9.17, 15) is 4.39 Å². The molecule has 98 valence electrons. The van der Waals surface area contributed by atoms with Crippen LogP contribution in [-0.2, 0) is 6.61 Å². The summed E-state index contributed by atoms with van der Waals surface area (Å²) in [6.45, 7) is 0.523. The molecule has 1 N–H and O–H groups in total. The van der Waals surface area contributed by atoms with Gasteiger partial charge in [0.1, 0.15) is 18.2 Å². The second-order valence-electron chi connectivity index (χ2n) is 3.82. The molecule has 0 bridgehead atoms. The smallest absolute Gasteiger partial charge is 0.123 e. The van der Waals surface area contributed by atoms with Gasteiger partial charge in [0, 0.05) is 22.2 Å². The van der Waals surface area contributed by atoms with Crippen molar-refractivity contribution in [2.24, 2.45) is 0 Å². The minimum atomic E-state index is -0.273. The average Bonchev–Trinajstić information content (AvgIpc) is 2.86. The molecule has 0 saturated heterocycles. The van der Waals surface area contributed by atoms with Crippen molar-refractivity contribution in [3.05, 3.63) is 52.0 Å². The topological polar surface area (TPSA) is 29.5 Å². The molecular weight excluding hydrogens is 263 g/mol. The summed E-state index contributed by atoms with van der Waals surface area (Å²) in [6.07, 6.45) is 0.483. The molecule has 0 spiro atoms. The first kappa shape index (κ1) is 13.6. The van der Waals surface area contributed by atoms with Crippen molar-refractivity contribution in [3.63, 3.8) is 0 Å². The number of hydrogen-bond donors (Lipinski definition) is 1. The van der Waals surface area contributed by atoms with Gasteiger partial charge < -0.3 is 9.84 Å². The van der Waals surface area contributed by atoms with E-state index in [4.69, 9.17) is 9.84 Å². The van der Waals surface area contributed by atoms with E-state index in [2.05, 4.69) is 11.8 Å². The van der Waals surface area contributed by atoms with Crippen molar-refractivity contribution in [2.45, 2.75) is 13.0 Å². The summed E-state index contributed by atoms with van der Waals surface area (Å²) in [7, 11) is 0. The van der Waals surface area contributed by atoms with Crippen LogP contribution in [0.3, 0.4) is 0 Å². The number of hydrogen-bond acceptors (Lipinski definition) is 3. The van der Waals surface area contributed by atoms with E-state index < -0.39 is 0 Å². The molecule has 0 radical (unpaired) electrons. The van der Waals surface area contributed by atoms with Crippen LogP contribution < -0.4 is 4.74 Å². The summed E-state index contributed by atoms with van der Waals surface area (Å²) in [6, 6.07) is 7.90. The maximum atomic E-state index is 12.7. The van der Waals surface area contributed by atoms with Crippen molar-refractivity contribution < 1.29 is 14.2 Å². The second kappa shape index (κ2) is 6.93. The standard InChI is InChI=1S/C15H13FO2S/c16-13-4-6-14(7-5-13)18-10-15-9-12(11-19-15)3-1-2-8-17/h4-7,9,11,17H,2,8,10H2. The third kappa shape index (κ3) is 4.40. The third-order valence-corrected chi connectivity index (χ3v) is 3.23. The first-order valence-corrected chi connectivity index (χ1v) is 6.71. The largest absolute Gasteiger partial charge is 0.488 e. The fourth-order valence-corrected chi connectivity index (χ4v) is 2.15. The molecule has 0 saturated carbocycles. The van der Waals surface area contributed by atoms with E-state index in [-0.39, 0.29) is 12.4 Å². The van der Waals surface area contributed by atoms with Gasteiger partial charge in [-0.1, -0.05) is 11.8 Å². The quantitative estimate of drug-likeness (QED) is 0.869. The Balaban J connectivity index is 1.90. The number of ether oxygens (including phenoxy) is 1. The van der Waals surface area contributed by atoms with Gasteiger partial charge in [0.05, 0.1) is 6.61 Å². The fourth-order valence-electron chi connectivity index (χ4n) is 1.43. The molecule has 0 aliphatic heterocycles. The van der Waals surface area contributed by atoms with Crippen molar-refractivity contribution in [3.8, 4) is 17.6 Å². The van der Waals surface area contributed by atoms with Gasteiger partial charge in [-0.3, -0.25) is 0 Å². The molecule has 0 amide bonds.